The molecule has 0 aromatic heterocycles. The summed E-state index contributed by atoms with van der Waals surface area (Å²) in [5.74, 6) is 0.922. The zero-order valence-corrected chi connectivity index (χ0v) is 12.0. The number of rotatable bonds is 5. The van der Waals surface area contributed by atoms with Crippen LogP contribution in [0.5, 0.6) is 5.75 Å². The minimum absolute atomic E-state index is 0.0347. The summed E-state index contributed by atoms with van der Waals surface area (Å²) >= 11 is 6.17. The molecule has 3 heteroatoms. The maximum atomic E-state index is 6.17. The second-order valence-electron chi connectivity index (χ2n) is 5.07. The van der Waals surface area contributed by atoms with Crippen LogP contribution in [-0.2, 0) is 4.74 Å². The summed E-state index contributed by atoms with van der Waals surface area (Å²) in [5, 5.41) is 0.0902. The van der Waals surface area contributed by atoms with Gasteiger partial charge in [-0.1, -0.05) is 13.0 Å². The van der Waals surface area contributed by atoms with E-state index in [2.05, 4.69) is 39.0 Å². The summed E-state index contributed by atoms with van der Waals surface area (Å²) in [6, 6.07) is 6.26. The van der Waals surface area contributed by atoms with Gasteiger partial charge in [-0.05, 0) is 43.5 Å². The lowest BCUT2D eigenvalue weighted by Gasteiger charge is -2.40. The molecule has 1 aromatic carbocycles. The van der Waals surface area contributed by atoms with Crippen molar-refractivity contribution in [2.75, 3.05) is 6.61 Å². The van der Waals surface area contributed by atoms with Crippen molar-refractivity contribution in [2.24, 2.45) is 0 Å². The Labute approximate surface area is 114 Å². The molecule has 1 fully saturated rings. The standard InChI is InChI=1S/C15H21ClO2/c1-4-5-17-15-13(16)9-14(15)18-12-7-10(2)6-11(3)8-12/h6-8,13-15H,4-5,9H2,1-3H3. The second kappa shape index (κ2) is 5.94. The third-order valence-electron chi connectivity index (χ3n) is 3.18. The smallest absolute Gasteiger partial charge is 0.128 e. The van der Waals surface area contributed by atoms with E-state index in [9.17, 15) is 0 Å². The summed E-state index contributed by atoms with van der Waals surface area (Å²) < 4.78 is 11.7. The zero-order valence-electron chi connectivity index (χ0n) is 11.3. The van der Waals surface area contributed by atoms with Crippen molar-refractivity contribution in [3.63, 3.8) is 0 Å². The fraction of sp³-hybridized carbons (Fsp3) is 0.600. The lowest BCUT2D eigenvalue weighted by atomic mass is 9.91. The molecule has 1 aromatic rings. The Morgan fingerprint density at radius 3 is 2.44 bits per heavy atom. The Kier molecular flexibility index (Phi) is 4.52. The fourth-order valence-corrected chi connectivity index (χ4v) is 2.69. The number of alkyl halides is 1. The van der Waals surface area contributed by atoms with E-state index >= 15 is 0 Å². The third-order valence-corrected chi connectivity index (χ3v) is 3.60. The molecule has 0 N–H and O–H groups in total. The molecule has 0 aliphatic heterocycles. The zero-order chi connectivity index (χ0) is 13.1. The highest BCUT2D eigenvalue weighted by Gasteiger charge is 2.42. The largest absolute Gasteiger partial charge is 0.488 e. The van der Waals surface area contributed by atoms with Gasteiger partial charge < -0.3 is 9.47 Å². The van der Waals surface area contributed by atoms with Crippen molar-refractivity contribution in [1.29, 1.82) is 0 Å². The van der Waals surface area contributed by atoms with Gasteiger partial charge in [0.1, 0.15) is 18.0 Å². The molecule has 0 bridgehead atoms. The average molecular weight is 269 g/mol. The summed E-state index contributed by atoms with van der Waals surface area (Å²) in [7, 11) is 0. The maximum Gasteiger partial charge on any atom is 0.128 e. The molecule has 18 heavy (non-hydrogen) atoms. The van der Waals surface area contributed by atoms with Gasteiger partial charge in [0.05, 0.1) is 5.38 Å². The Bertz CT molecular complexity index is 385. The third kappa shape index (κ3) is 3.18. The highest BCUT2D eigenvalue weighted by molar-refractivity contribution is 6.21. The van der Waals surface area contributed by atoms with Crippen molar-refractivity contribution in [3.8, 4) is 5.75 Å². The normalized spacial score (nSPS) is 26.8. The predicted molar refractivity (Wildman–Crippen MR) is 74.6 cm³/mol. The van der Waals surface area contributed by atoms with Crippen LogP contribution in [0.15, 0.2) is 18.2 Å². The molecule has 1 aliphatic rings. The molecule has 2 rings (SSSR count). The number of hydrogen-bond donors (Lipinski definition) is 0. The topological polar surface area (TPSA) is 18.5 Å². The average Bonchev–Trinajstić information content (AvgIpc) is 2.27. The first kappa shape index (κ1) is 13.7. The van der Waals surface area contributed by atoms with E-state index in [1.807, 2.05) is 0 Å². The Hall–Kier alpha value is -0.730. The van der Waals surface area contributed by atoms with Gasteiger partial charge in [0.2, 0.25) is 0 Å². The van der Waals surface area contributed by atoms with Crippen LogP contribution >= 0.6 is 11.6 Å². The van der Waals surface area contributed by atoms with Crippen molar-refractivity contribution < 1.29 is 9.47 Å². The van der Waals surface area contributed by atoms with E-state index in [1.165, 1.54) is 11.1 Å². The predicted octanol–water partition coefficient (Wildman–Crippen LogP) is 3.86. The molecule has 1 saturated carbocycles. The van der Waals surface area contributed by atoms with Crippen LogP contribution in [-0.4, -0.2) is 24.2 Å². The molecule has 0 amide bonds. The lowest BCUT2D eigenvalue weighted by molar-refractivity contribution is -0.0798. The number of aryl methyl sites for hydroxylation is 2. The van der Waals surface area contributed by atoms with Gasteiger partial charge in [-0.15, -0.1) is 11.6 Å². The van der Waals surface area contributed by atoms with Crippen molar-refractivity contribution in [2.45, 2.75) is 51.2 Å². The Balaban J connectivity index is 1.96. The summed E-state index contributed by atoms with van der Waals surface area (Å²) in [6.45, 7) is 7.01. The second-order valence-corrected chi connectivity index (χ2v) is 5.63. The van der Waals surface area contributed by atoms with E-state index in [4.69, 9.17) is 21.1 Å². The number of benzene rings is 1. The molecule has 0 spiro atoms. The van der Waals surface area contributed by atoms with Gasteiger partial charge in [-0.25, -0.2) is 0 Å². The first-order valence-electron chi connectivity index (χ1n) is 6.60. The SMILES string of the molecule is CCCOC1C(Cl)CC1Oc1cc(C)cc(C)c1. The van der Waals surface area contributed by atoms with Crippen LogP contribution < -0.4 is 4.74 Å². The first-order chi connectivity index (χ1) is 8.60. The van der Waals surface area contributed by atoms with Crippen LogP contribution in [0.2, 0.25) is 0 Å². The van der Waals surface area contributed by atoms with E-state index in [0.29, 0.717) is 0 Å². The lowest BCUT2D eigenvalue weighted by Crippen LogP contribution is -2.52. The van der Waals surface area contributed by atoms with Crippen LogP contribution in [0.3, 0.4) is 0 Å². The van der Waals surface area contributed by atoms with Crippen LogP contribution in [0, 0.1) is 13.8 Å². The Morgan fingerprint density at radius 2 is 1.89 bits per heavy atom. The van der Waals surface area contributed by atoms with E-state index < -0.39 is 0 Å². The first-order valence-corrected chi connectivity index (χ1v) is 7.04. The summed E-state index contributed by atoms with van der Waals surface area (Å²) in [4.78, 5) is 0. The molecule has 2 nitrogen and oxygen atoms in total. The Morgan fingerprint density at radius 1 is 1.22 bits per heavy atom. The van der Waals surface area contributed by atoms with Gasteiger partial charge >= 0.3 is 0 Å². The summed E-state index contributed by atoms with van der Waals surface area (Å²) in [6.07, 6.45) is 2.01. The molecule has 1 aliphatic carbocycles. The van der Waals surface area contributed by atoms with Crippen molar-refractivity contribution in [3.05, 3.63) is 29.3 Å². The minimum Gasteiger partial charge on any atom is -0.488 e. The van der Waals surface area contributed by atoms with Gasteiger partial charge in [-0.2, -0.15) is 0 Å². The molecular formula is C15H21ClO2. The van der Waals surface area contributed by atoms with Crippen molar-refractivity contribution >= 4 is 11.6 Å². The van der Waals surface area contributed by atoms with Crippen LogP contribution in [0.25, 0.3) is 0 Å². The molecular weight excluding hydrogens is 248 g/mol. The molecule has 3 atom stereocenters. The monoisotopic (exact) mass is 268 g/mol. The van der Waals surface area contributed by atoms with Gasteiger partial charge in [0.15, 0.2) is 0 Å². The highest BCUT2D eigenvalue weighted by atomic mass is 35.5. The minimum atomic E-state index is 0.0347. The van der Waals surface area contributed by atoms with Gasteiger partial charge in [0, 0.05) is 13.0 Å². The van der Waals surface area contributed by atoms with Crippen LogP contribution in [0.1, 0.15) is 30.9 Å². The van der Waals surface area contributed by atoms with E-state index in [1.54, 1.807) is 0 Å². The molecule has 0 radical (unpaired) electrons. The molecule has 100 valence electrons. The van der Waals surface area contributed by atoms with Crippen molar-refractivity contribution in [1.82, 2.24) is 0 Å². The number of hydrogen-bond acceptors (Lipinski definition) is 2. The van der Waals surface area contributed by atoms with Gasteiger partial charge in [0.25, 0.3) is 0 Å². The van der Waals surface area contributed by atoms with Gasteiger partial charge in [-0.3, -0.25) is 0 Å². The number of halogens is 1. The fourth-order valence-electron chi connectivity index (χ4n) is 2.28. The van der Waals surface area contributed by atoms with E-state index in [0.717, 1.165) is 25.2 Å². The highest BCUT2D eigenvalue weighted by Crippen LogP contribution is 2.33. The van der Waals surface area contributed by atoms with Crippen LogP contribution in [0.4, 0.5) is 0 Å². The maximum absolute atomic E-state index is 6.17. The summed E-state index contributed by atoms with van der Waals surface area (Å²) in [5.41, 5.74) is 2.44. The quantitative estimate of drug-likeness (QED) is 0.755. The molecule has 0 saturated heterocycles. The van der Waals surface area contributed by atoms with E-state index in [-0.39, 0.29) is 17.6 Å². The molecule has 0 heterocycles. The number of ether oxygens (including phenoxy) is 2. The molecule has 3 unspecified atom stereocenters.